The molecule has 0 aliphatic heterocycles. The van der Waals surface area contributed by atoms with E-state index in [4.69, 9.17) is 17.3 Å². The number of amides is 1. The number of thioether (sulfide) groups is 1. The second-order valence-corrected chi connectivity index (χ2v) is 7.51. The summed E-state index contributed by atoms with van der Waals surface area (Å²) in [4.78, 5) is 12.1. The van der Waals surface area contributed by atoms with Gasteiger partial charge in [-0.15, -0.1) is 0 Å². The quantitative estimate of drug-likeness (QED) is 0.773. The van der Waals surface area contributed by atoms with Crippen molar-refractivity contribution in [2.24, 2.45) is 11.7 Å². The van der Waals surface area contributed by atoms with E-state index in [1.54, 1.807) is 11.8 Å². The molecule has 2 fully saturated rings. The second-order valence-electron chi connectivity index (χ2n) is 6.11. The van der Waals surface area contributed by atoms with Crippen LogP contribution in [0.15, 0.2) is 24.3 Å². The summed E-state index contributed by atoms with van der Waals surface area (Å²) in [5, 5.41) is 4.33. The van der Waals surface area contributed by atoms with Gasteiger partial charge in [-0.3, -0.25) is 10.1 Å². The fraction of sp³-hybridized carbons (Fsp3) is 0.562. The maximum Gasteiger partial charge on any atom is 0.238 e. The molecule has 3 rings (SSSR count). The Morgan fingerprint density at radius 2 is 2.05 bits per heavy atom. The van der Waals surface area contributed by atoms with Crippen LogP contribution in [0.5, 0.6) is 0 Å². The first-order valence-electron chi connectivity index (χ1n) is 7.50. The van der Waals surface area contributed by atoms with Gasteiger partial charge < -0.3 is 5.73 Å². The number of nitrogens with one attached hydrogen (secondary N) is 1. The molecule has 2 aliphatic rings. The normalized spacial score (nSPS) is 21.0. The molecule has 3 N–H and O–H groups in total. The van der Waals surface area contributed by atoms with Gasteiger partial charge >= 0.3 is 0 Å². The van der Waals surface area contributed by atoms with E-state index in [9.17, 15) is 4.79 Å². The van der Waals surface area contributed by atoms with Crippen LogP contribution in [0.1, 0.15) is 31.2 Å². The Labute approximate surface area is 135 Å². The Hall–Kier alpha value is -0.710. The first kappa shape index (κ1) is 15.2. The van der Waals surface area contributed by atoms with Crippen LogP contribution in [-0.2, 0) is 10.5 Å². The summed E-state index contributed by atoms with van der Waals surface area (Å²) in [6.45, 7) is 0. The third-order valence-corrected chi connectivity index (χ3v) is 5.84. The zero-order valence-corrected chi connectivity index (χ0v) is 13.6. The van der Waals surface area contributed by atoms with Gasteiger partial charge in [-0.25, -0.2) is 0 Å². The fourth-order valence-electron chi connectivity index (χ4n) is 2.73. The molecule has 1 amide bonds. The lowest BCUT2D eigenvalue weighted by atomic mass is 9.94. The zero-order chi connectivity index (χ0) is 14.9. The minimum atomic E-state index is -0.521. The van der Waals surface area contributed by atoms with Gasteiger partial charge in [0.15, 0.2) is 0 Å². The third kappa shape index (κ3) is 3.55. The van der Waals surface area contributed by atoms with Gasteiger partial charge in [-0.2, -0.15) is 11.8 Å². The zero-order valence-electron chi connectivity index (χ0n) is 12.0. The molecule has 2 aliphatic carbocycles. The van der Waals surface area contributed by atoms with Crippen LogP contribution < -0.4 is 11.1 Å². The molecule has 1 aromatic rings. The van der Waals surface area contributed by atoms with Crippen LogP contribution in [0.4, 0.5) is 0 Å². The van der Waals surface area contributed by atoms with E-state index in [0.717, 1.165) is 47.8 Å². The van der Waals surface area contributed by atoms with E-state index in [0.29, 0.717) is 12.0 Å². The van der Waals surface area contributed by atoms with E-state index < -0.39 is 5.54 Å². The minimum absolute atomic E-state index is 0.191. The Bertz CT molecular complexity index is 531. The average molecular weight is 325 g/mol. The summed E-state index contributed by atoms with van der Waals surface area (Å²) in [5.74, 6) is 1.76. The molecular formula is C16H21ClN2OS. The molecule has 0 heterocycles. The molecule has 0 radical (unpaired) electrons. The number of nitrogens with two attached hydrogens (primary N) is 1. The van der Waals surface area contributed by atoms with E-state index in [-0.39, 0.29) is 5.91 Å². The Balaban J connectivity index is 1.64. The highest BCUT2D eigenvalue weighted by atomic mass is 35.5. The van der Waals surface area contributed by atoms with Crippen molar-refractivity contribution in [3.8, 4) is 0 Å². The summed E-state index contributed by atoms with van der Waals surface area (Å²) in [5.41, 5.74) is 6.35. The average Bonchev–Trinajstić information content (AvgIpc) is 3.33. The Kier molecular flexibility index (Phi) is 4.48. The van der Waals surface area contributed by atoms with Crippen LogP contribution in [0.3, 0.4) is 0 Å². The minimum Gasteiger partial charge on any atom is -0.368 e. The molecule has 1 atom stereocenters. The summed E-state index contributed by atoms with van der Waals surface area (Å²) < 4.78 is 0. The topological polar surface area (TPSA) is 55.1 Å². The predicted octanol–water partition coefficient (Wildman–Crippen LogP) is 2.96. The first-order chi connectivity index (χ1) is 10.1. The molecule has 0 bridgehead atoms. The lowest BCUT2D eigenvalue weighted by Gasteiger charge is -2.32. The van der Waals surface area contributed by atoms with Crippen LogP contribution in [0, 0.1) is 5.92 Å². The number of benzene rings is 1. The number of carbonyl (C=O) groups excluding carboxylic acids is 1. The number of hydrogen-bond acceptors (Lipinski definition) is 3. The van der Waals surface area contributed by atoms with Crippen molar-refractivity contribution in [3.63, 3.8) is 0 Å². The van der Waals surface area contributed by atoms with Gasteiger partial charge in [-0.05, 0) is 43.2 Å². The molecule has 1 unspecified atom stereocenters. The molecule has 5 heteroatoms. The first-order valence-corrected chi connectivity index (χ1v) is 9.04. The molecule has 114 valence electrons. The number of hydrogen-bond donors (Lipinski definition) is 2. The molecule has 1 aromatic carbocycles. The third-order valence-electron chi connectivity index (χ3n) is 4.30. The molecule has 2 saturated carbocycles. The van der Waals surface area contributed by atoms with Crippen LogP contribution in [0.25, 0.3) is 0 Å². The monoisotopic (exact) mass is 324 g/mol. The molecule has 0 spiro atoms. The van der Waals surface area contributed by atoms with Gasteiger partial charge in [0.05, 0.1) is 0 Å². The molecular weight excluding hydrogens is 304 g/mol. The number of rotatable bonds is 8. The van der Waals surface area contributed by atoms with Crippen LogP contribution in [0.2, 0.25) is 5.02 Å². The molecule has 0 aromatic heterocycles. The van der Waals surface area contributed by atoms with Gasteiger partial charge in [0.25, 0.3) is 0 Å². The largest absolute Gasteiger partial charge is 0.368 e. The van der Waals surface area contributed by atoms with Crippen molar-refractivity contribution < 1.29 is 4.79 Å². The van der Waals surface area contributed by atoms with Crippen LogP contribution >= 0.6 is 23.4 Å². The van der Waals surface area contributed by atoms with Crippen molar-refractivity contribution in [1.29, 1.82) is 0 Å². The van der Waals surface area contributed by atoms with E-state index >= 15 is 0 Å². The van der Waals surface area contributed by atoms with Gasteiger partial charge in [-0.1, -0.05) is 29.8 Å². The smallest absolute Gasteiger partial charge is 0.238 e. The van der Waals surface area contributed by atoms with Gasteiger partial charge in [0.2, 0.25) is 5.91 Å². The Morgan fingerprint density at radius 1 is 1.33 bits per heavy atom. The van der Waals surface area contributed by atoms with Crippen molar-refractivity contribution in [3.05, 3.63) is 34.9 Å². The van der Waals surface area contributed by atoms with Gasteiger partial charge in [0.1, 0.15) is 5.54 Å². The summed E-state index contributed by atoms with van der Waals surface area (Å²) in [6.07, 6.45) is 4.54. The molecule has 21 heavy (non-hydrogen) atoms. The highest BCUT2D eigenvalue weighted by molar-refractivity contribution is 7.98. The lowest BCUT2D eigenvalue weighted by Crippen LogP contribution is -2.60. The number of primary amides is 1. The predicted molar refractivity (Wildman–Crippen MR) is 88.4 cm³/mol. The molecule has 3 nitrogen and oxygen atoms in total. The van der Waals surface area contributed by atoms with E-state index in [1.807, 2.05) is 24.3 Å². The van der Waals surface area contributed by atoms with Crippen molar-refractivity contribution in [2.75, 3.05) is 5.75 Å². The molecule has 0 saturated heterocycles. The summed E-state index contributed by atoms with van der Waals surface area (Å²) >= 11 is 7.93. The van der Waals surface area contributed by atoms with Crippen molar-refractivity contribution in [2.45, 2.75) is 43.0 Å². The standard InChI is InChI=1S/C16H21ClN2OS/c17-14-4-2-1-3-11(14)9-21-10-16(15(18)20,12-5-6-12)19-13-7-8-13/h1-4,12-13,19H,5-10H2,(H2,18,20). The maximum absolute atomic E-state index is 12.1. The highest BCUT2D eigenvalue weighted by Crippen LogP contribution is 2.43. The van der Waals surface area contributed by atoms with Gasteiger partial charge in [0, 0.05) is 22.6 Å². The van der Waals surface area contributed by atoms with Crippen molar-refractivity contribution in [1.82, 2.24) is 5.32 Å². The highest BCUT2D eigenvalue weighted by Gasteiger charge is 2.51. The van der Waals surface area contributed by atoms with E-state index in [2.05, 4.69) is 5.32 Å². The maximum atomic E-state index is 12.1. The fourth-order valence-corrected chi connectivity index (χ4v) is 4.37. The SMILES string of the molecule is NC(=O)C(CSCc1ccccc1Cl)(NC1CC1)C1CC1. The van der Waals surface area contributed by atoms with E-state index in [1.165, 1.54) is 0 Å². The lowest BCUT2D eigenvalue weighted by molar-refractivity contribution is -0.124. The van der Waals surface area contributed by atoms with Crippen LogP contribution in [-0.4, -0.2) is 23.2 Å². The number of carbonyl (C=O) groups is 1. The second kappa shape index (κ2) is 6.19. The summed E-state index contributed by atoms with van der Waals surface area (Å²) in [6, 6.07) is 8.35. The number of halogens is 1. The Morgan fingerprint density at radius 3 is 2.62 bits per heavy atom. The van der Waals surface area contributed by atoms with Crippen molar-refractivity contribution >= 4 is 29.3 Å². The summed E-state index contributed by atoms with van der Waals surface area (Å²) in [7, 11) is 0.